The van der Waals surface area contributed by atoms with E-state index >= 15 is 0 Å². The molecule has 0 radical (unpaired) electrons. The summed E-state index contributed by atoms with van der Waals surface area (Å²) in [4.78, 5) is 43.8. The van der Waals surface area contributed by atoms with Crippen LogP contribution in [0.15, 0.2) is 23.0 Å². The summed E-state index contributed by atoms with van der Waals surface area (Å²) in [6.07, 6.45) is 0.315. The molecule has 1 saturated carbocycles. The van der Waals surface area contributed by atoms with Gasteiger partial charge >= 0.3 is 0 Å². The zero-order chi connectivity index (χ0) is 31.5. The number of nitrogens with one attached hydrogen (secondary N) is 1. The zero-order valence-electron chi connectivity index (χ0n) is 23.9. The van der Waals surface area contributed by atoms with Crippen LogP contribution in [-0.4, -0.2) is 119 Å². The maximum atomic E-state index is 14.2. The minimum atomic E-state index is -2.86. The molecule has 2 heterocycles. The number of benzene rings is 1. The molecule has 232 valence electrons. The molecule has 43 heavy (non-hydrogen) atoms. The van der Waals surface area contributed by atoms with E-state index in [1.165, 1.54) is 11.0 Å². The number of nitrogens with zero attached hydrogens (tertiary/aromatic N) is 3. The van der Waals surface area contributed by atoms with Crippen molar-refractivity contribution < 1.29 is 48.3 Å². The Morgan fingerprint density at radius 2 is 1.84 bits per heavy atom. The number of phenols is 1. The smallest absolute Gasteiger partial charge is 0.272 e. The van der Waals surface area contributed by atoms with E-state index in [4.69, 9.17) is 10.5 Å². The number of aliphatic hydroxyl groups excluding tert-OH is 2. The van der Waals surface area contributed by atoms with Gasteiger partial charge in [-0.1, -0.05) is 0 Å². The molecule has 5 aliphatic rings. The van der Waals surface area contributed by atoms with Gasteiger partial charge in [0, 0.05) is 31.3 Å². The van der Waals surface area contributed by atoms with Crippen molar-refractivity contribution in [1.29, 1.82) is 0 Å². The Bertz CT molecular complexity index is 1550. The number of hydrogen-bond acceptors (Lipinski definition) is 11. The minimum absolute atomic E-state index is 0.0991. The average Bonchev–Trinajstić information content (AvgIpc) is 3.49. The minimum Gasteiger partial charge on any atom is -0.510 e. The number of halogens is 2. The standard InChI is InChI=1S/C28H33F2N5O8/c1-33(2)15-7-14(32-16(36)8-35-9-26(29,30)10-35)21(37)18-12(15)5-11-6-13-20(34(3)4)23(39)19(25(31)41)28(42)27(13,43-28)24(40)17(11)22(18)38/h7,11,13,20,37-39,42H,5-6,8-10H2,1-4H3,(H2,31,41)(H,32,36)/t11-,13-,20-,27?,28?/m0/s1. The van der Waals surface area contributed by atoms with E-state index in [0.717, 1.165) is 0 Å². The first-order valence-corrected chi connectivity index (χ1v) is 13.7. The number of likely N-dealkylation sites (tertiary alicyclic amines) is 1. The largest absolute Gasteiger partial charge is 0.510 e. The third kappa shape index (κ3) is 3.91. The van der Waals surface area contributed by atoms with Crippen LogP contribution in [0.5, 0.6) is 5.75 Å². The number of likely N-dealkylation sites (N-methyl/N-ethyl adjacent to an activating group) is 1. The van der Waals surface area contributed by atoms with Crippen LogP contribution in [0.25, 0.3) is 5.76 Å². The number of carbonyl (C=O) groups is 3. The van der Waals surface area contributed by atoms with Crippen molar-refractivity contribution in [2.75, 3.05) is 58.0 Å². The van der Waals surface area contributed by atoms with Crippen LogP contribution < -0.4 is 16.0 Å². The summed E-state index contributed by atoms with van der Waals surface area (Å²) in [6, 6.07) is 0.589. The molecule has 7 N–H and O–H groups in total. The first-order chi connectivity index (χ1) is 19.9. The molecular formula is C28H33F2N5O8. The van der Waals surface area contributed by atoms with Crippen LogP contribution in [0.4, 0.5) is 20.2 Å². The maximum absolute atomic E-state index is 14.2. The van der Waals surface area contributed by atoms with Gasteiger partial charge in [0.2, 0.25) is 17.5 Å². The van der Waals surface area contributed by atoms with E-state index in [-0.39, 0.29) is 36.2 Å². The second-order valence-corrected chi connectivity index (χ2v) is 12.4. The number of aromatic hydroxyl groups is 1. The zero-order valence-corrected chi connectivity index (χ0v) is 23.9. The average molecular weight is 606 g/mol. The Labute approximate surface area is 244 Å². The number of carbonyl (C=O) groups excluding carboxylic acids is 3. The van der Waals surface area contributed by atoms with Gasteiger partial charge < -0.3 is 41.1 Å². The number of ketones is 1. The van der Waals surface area contributed by atoms with Crippen molar-refractivity contribution in [3.63, 3.8) is 0 Å². The number of aliphatic hydroxyl groups is 3. The number of Topliss-reactive ketones (excluding diaryl/α,β-unsaturated/α-hetero) is 1. The second-order valence-electron chi connectivity index (χ2n) is 12.4. The maximum Gasteiger partial charge on any atom is 0.272 e. The van der Waals surface area contributed by atoms with E-state index < -0.39 is 88.7 Å². The van der Waals surface area contributed by atoms with E-state index in [1.54, 1.807) is 38.0 Å². The Morgan fingerprint density at radius 1 is 1.19 bits per heavy atom. The van der Waals surface area contributed by atoms with Crippen molar-refractivity contribution in [1.82, 2.24) is 9.80 Å². The lowest BCUT2D eigenvalue weighted by Gasteiger charge is -2.46. The van der Waals surface area contributed by atoms with Gasteiger partial charge in [0.15, 0.2) is 5.60 Å². The topological polar surface area (TPSA) is 192 Å². The van der Waals surface area contributed by atoms with Crippen LogP contribution in [-0.2, 0) is 25.5 Å². The van der Waals surface area contributed by atoms with Crippen molar-refractivity contribution in [3.8, 4) is 5.75 Å². The van der Waals surface area contributed by atoms with Crippen molar-refractivity contribution in [3.05, 3.63) is 34.1 Å². The molecule has 1 aromatic rings. The highest BCUT2D eigenvalue weighted by molar-refractivity contribution is 6.14. The number of ether oxygens (including phenoxy) is 1. The number of epoxide rings is 1. The molecule has 0 aromatic heterocycles. The Hall–Kier alpha value is -3.79. The highest BCUT2D eigenvalue weighted by atomic mass is 19.3. The highest BCUT2D eigenvalue weighted by Gasteiger charge is 2.86. The monoisotopic (exact) mass is 605 g/mol. The molecule has 1 aromatic carbocycles. The number of fused-ring (bicyclic) bond motifs is 2. The summed E-state index contributed by atoms with van der Waals surface area (Å²) in [5, 5.41) is 47.8. The van der Waals surface area contributed by atoms with Crippen molar-refractivity contribution in [2.45, 2.75) is 36.2 Å². The summed E-state index contributed by atoms with van der Waals surface area (Å²) in [6.45, 7) is -1.47. The van der Waals surface area contributed by atoms with Crippen LogP contribution in [0.2, 0.25) is 0 Å². The number of primary amides is 1. The molecular weight excluding hydrogens is 572 g/mol. The number of alkyl halides is 2. The molecule has 6 rings (SSSR count). The number of nitrogens with two attached hydrogens (primary N) is 1. The molecule has 2 amide bonds. The predicted octanol–water partition coefficient (Wildman–Crippen LogP) is 0.0768. The van der Waals surface area contributed by atoms with Gasteiger partial charge in [-0.2, -0.15) is 0 Å². The van der Waals surface area contributed by atoms with E-state index in [9.17, 15) is 43.6 Å². The molecule has 3 fully saturated rings. The van der Waals surface area contributed by atoms with Crippen LogP contribution in [0.1, 0.15) is 17.5 Å². The quantitative estimate of drug-likeness (QED) is 0.190. The predicted molar refractivity (Wildman–Crippen MR) is 147 cm³/mol. The van der Waals surface area contributed by atoms with Gasteiger partial charge in [-0.15, -0.1) is 0 Å². The lowest BCUT2D eigenvalue weighted by Crippen LogP contribution is -2.60. The van der Waals surface area contributed by atoms with E-state index in [1.807, 2.05) is 0 Å². The van der Waals surface area contributed by atoms with Crippen molar-refractivity contribution >= 4 is 34.7 Å². The Balaban J connectivity index is 1.43. The molecule has 15 heteroatoms. The molecule has 1 spiro atoms. The normalized spacial score (nSPS) is 32.4. The van der Waals surface area contributed by atoms with Crippen LogP contribution in [0, 0.1) is 11.8 Å². The number of hydrogen-bond donors (Lipinski definition) is 6. The number of phenolic OH excluding ortho intramolecular Hbond substituents is 1. The summed E-state index contributed by atoms with van der Waals surface area (Å²) in [7, 11) is 6.70. The van der Waals surface area contributed by atoms with Crippen LogP contribution >= 0.6 is 0 Å². The van der Waals surface area contributed by atoms with E-state index in [2.05, 4.69) is 5.32 Å². The third-order valence-electron chi connectivity index (χ3n) is 9.24. The molecule has 2 saturated heterocycles. The van der Waals surface area contributed by atoms with E-state index in [0.29, 0.717) is 11.3 Å². The highest BCUT2D eigenvalue weighted by Crippen LogP contribution is 2.67. The summed E-state index contributed by atoms with van der Waals surface area (Å²) in [5.74, 6) is -11.1. The van der Waals surface area contributed by atoms with Gasteiger partial charge in [0.1, 0.15) is 22.8 Å². The van der Waals surface area contributed by atoms with Gasteiger partial charge in [-0.25, -0.2) is 8.78 Å². The number of amides is 2. The SMILES string of the molecule is CN(C)c1cc(NC(=O)CN2CC(F)(F)C2)c(O)c2c1C[C@H]1C[C@H]3[C@H](N(C)C)C(O)=C(C(N)=O)C4(O)OC34C(=O)C1=C2O. The Kier molecular flexibility index (Phi) is 6.20. The first-order valence-electron chi connectivity index (χ1n) is 13.7. The van der Waals surface area contributed by atoms with Crippen LogP contribution in [0.3, 0.4) is 0 Å². The summed E-state index contributed by atoms with van der Waals surface area (Å²) >= 11 is 0. The number of rotatable bonds is 6. The van der Waals surface area contributed by atoms with Gasteiger partial charge in [-0.05, 0) is 44.5 Å². The van der Waals surface area contributed by atoms with Gasteiger partial charge in [0.05, 0.1) is 36.9 Å². The fourth-order valence-electron chi connectivity index (χ4n) is 7.51. The molecule has 3 aliphatic carbocycles. The van der Waals surface area contributed by atoms with Crippen molar-refractivity contribution in [2.24, 2.45) is 17.6 Å². The fourth-order valence-corrected chi connectivity index (χ4v) is 7.51. The van der Waals surface area contributed by atoms with Gasteiger partial charge in [0.25, 0.3) is 11.8 Å². The molecule has 13 nitrogen and oxygen atoms in total. The molecule has 2 unspecified atom stereocenters. The Morgan fingerprint density at radius 3 is 2.40 bits per heavy atom. The molecule has 2 aliphatic heterocycles. The lowest BCUT2D eigenvalue weighted by atomic mass is 9.58. The first kappa shape index (κ1) is 29.3. The second kappa shape index (κ2) is 9.11. The number of anilines is 2. The van der Waals surface area contributed by atoms with Gasteiger partial charge in [-0.3, -0.25) is 24.2 Å². The lowest BCUT2D eigenvalue weighted by molar-refractivity contribution is -0.141. The summed E-state index contributed by atoms with van der Waals surface area (Å²) < 4.78 is 32.1. The molecule has 0 bridgehead atoms. The summed E-state index contributed by atoms with van der Waals surface area (Å²) in [5.41, 5.74) is 3.51. The molecule has 5 atom stereocenters. The fraction of sp³-hybridized carbons (Fsp3) is 0.536. The third-order valence-corrected chi connectivity index (χ3v) is 9.24.